The maximum Gasteiger partial charge on any atom is 0.222 e. The molecule has 1 fully saturated rings. The first-order valence-corrected chi connectivity index (χ1v) is 9.37. The first-order chi connectivity index (χ1) is 12.1. The molecule has 3 rings (SSSR count). The highest BCUT2D eigenvalue weighted by Gasteiger charge is 2.33. The summed E-state index contributed by atoms with van der Waals surface area (Å²) in [6.45, 7) is 7.02. The Labute approximate surface area is 150 Å². The second-order valence-corrected chi connectivity index (χ2v) is 7.06. The van der Waals surface area contributed by atoms with Crippen LogP contribution in [-0.2, 0) is 11.2 Å². The van der Waals surface area contributed by atoms with E-state index in [-0.39, 0.29) is 5.91 Å². The van der Waals surface area contributed by atoms with Gasteiger partial charge in [-0.05, 0) is 49.4 Å². The predicted octanol–water partition coefficient (Wildman–Crippen LogP) is 3.02. The number of methoxy groups -OCH3 is 2. The van der Waals surface area contributed by atoms with Crippen LogP contribution in [0.15, 0.2) is 12.1 Å². The number of hydrogen-bond donors (Lipinski definition) is 0. The van der Waals surface area contributed by atoms with E-state index in [9.17, 15) is 4.79 Å². The van der Waals surface area contributed by atoms with Gasteiger partial charge in [0.15, 0.2) is 11.5 Å². The fraction of sp³-hybridized carbons (Fsp3) is 0.650. The Morgan fingerprint density at radius 2 is 1.92 bits per heavy atom. The molecule has 0 radical (unpaired) electrons. The Hall–Kier alpha value is -1.75. The first kappa shape index (κ1) is 18.1. The summed E-state index contributed by atoms with van der Waals surface area (Å²) in [6.07, 6.45) is 3.87. The van der Waals surface area contributed by atoms with Crippen LogP contribution in [0.2, 0.25) is 0 Å². The molecular formula is C20H30N2O3. The maximum atomic E-state index is 12.1. The van der Waals surface area contributed by atoms with Gasteiger partial charge in [0.05, 0.1) is 14.2 Å². The summed E-state index contributed by atoms with van der Waals surface area (Å²) in [5, 5.41) is 0. The third-order valence-electron chi connectivity index (χ3n) is 5.75. The van der Waals surface area contributed by atoms with Crippen molar-refractivity contribution in [1.82, 2.24) is 9.80 Å². The van der Waals surface area contributed by atoms with Gasteiger partial charge in [0.25, 0.3) is 0 Å². The third kappa shape index (κ3) is 3.47. The average Bonchev–Trinajstić information content (AvgIpc) is 2.66. The highest BCUT2D eigenvalue weighted by molar-refractivity contribution is 5.75. The Kier molecular flexibility index (Phi) is 5.52. The van der Waals surface area contributed by atoms with Gasteiger partial charge in [-0.1, -0.05) is 6.92 Å². The van der Waals surface area contributed by atoms with E-state index in [1.807, 2.05) is 11.8 Å². The molecule has 0 bridgehead atoms. The molecule has 2 heterocycles. The fourth-order valence-electron chi connectivity index (χ4n) is 4.34. The van der Waals surface area contributed by atoms with Crippen LogP contribution < -0.4 is 9.47 Å². The molecule has 2 aliphatic heterocycles. The Balaban J connectivity index is 1.81. The molecule has 138 valence electrons. The molecule has 0 aromatic heterocycles. The minimum Gasteiger partial charge on any atom is -0.493 e. The molecule has 1 amide bonds. The molecule has 5 nitrogen and oxygen atoms in total. The summed E-state index contributed by atoms with van der Waals surface area (Å²) < 4.78 is 10.9. The van der Waals surface area contributed by atoms with Gasteiger partial charge < -0.3 is 14.4 Å². The number of ether oxygens (including phenoxy) is 2. The zero-order valence-electron chi connectivity index (χ0n) is 15.9. The molecule has 5 heteroatoms. The monoisotopic (exact) mass is 346 g/mol. The molecular weight excluding hydrogens is 316 g/mol. The van der Waals surface area contributed by atoms with Gasteiger partial charge in [-0.3, -0.25) is 9.69 Å². The number of carbonyl (C=O) groups is 1. The van der Waals surface area contributed by atoms with Crippen LogP contribution in [-0.4, -0.2) is 55.6 Å². The van der Waals surface area contributed by atoms with Gasteiger partial charge in [-0.15, -0.1) is 0 Å². The molecule has 0 spiro atoms. The third-order valence-corrected chi connectivity index (χ3v) is 5.75. The van der Waals surface area contributed by atoms with Crippen LogP contribution in [0.4, 0.5) is 0 Å². The number of amides is 1. The molecule has 1 aromatic rings. The Morgan fingerprint density at radius 3 is 2.60 bits per heavy atom. The minimum atomic E-state index is 0.279. The van der Waals surface area contributed by atoms with E-state index in [0.29, 0.717) is 18.5 Å². The maximum absolute atomic E-state index is 12.1. The van der Waals surface area contributed by atoms with Crippen molar-refractivity contribution in [2.75, 3.05) is 33.9 Å². The van der Waals surface area contributed by atoms with Crippen molar-refractivity contribution in [2.45, 2.75) is 51.6 Å². The molecule has 1 saturated heterocycles. The van der Waals surface area contributed by atoms with Gasteiger partial charge in [0.1, 0.15) is 0 Å². The van der Waals surface area contributed by atoms with Crippen molar-refractivity contribution in [1.29, 1.82) is 0 Å². The van der Waals surface area contributed by atoms with Gasteiger partial charge in [0, 0.05) is 38.1 Å². The van der Waals surface area contributed by atoms with E-state index in [2.05, 4.69) is 24.0 Å². The quantitative estimate of drug-likeness (QED) is 0.840. The summed E-state index contributed by atoms with van der Waals surface area (Å²) >= 11 is 0. The standard InChI is InChI=1S/C20H30N2O3/c1-5-20(23)21-9-6-7-16(13-21)22-10-8-15-11-18(24-3)19(25-4)12-17(15)14(22)2/h11-12,14,16H,5-10,13H2,1-4H3. The molecule has 1 aromatic carbocycles. The van der Waals surface area contributed by atoms with Crippen molar-refractivity contribution in [3.8, 4) is 11.5 Å². The lowest BCUT2D eigenvalue weighted by Gasteiger charge is -2.45. The van der Waals surface area contributed by atoms with Gasteiger partial charge in [-0.2, -0.15) is 0 Å². The molecule has 2 unspecified atom stereocenters. The Bertz CT molecular complexity index is 632. The van der Waals surface area contributed by atoms with E-state index in [0.717, 1.165) is 44.0 Å². The lowest BCUT2D eigenvalue weighted by Crippen LogP contribution is -2.51. The Morgan fingerprint density at radius 1 is 1.20 bits per heavy atom. The second-order valence-electron chi connectivity index (χ2n) is 7.06. The summed E-state index contributed by atoms with van der Waals surface area (Å²) in [6, 6.07) is 5.02. The first-order valence-electron chi connectivity index (χ1n) is 9.37. The number of fused-ring (bicyclic) bond motifs is 1. The normalized spacial score (nSPS) is 23.9. The molecule has 0 aliphatic carbocycles. The van der Waals surface area contributed by atoms with Crippen molar-refractivity contribution >= 4 is 5.91 Å². The van der Waals surface area contributed by atoms with E-state index in [1.165, 1.54) is 17.5 Å². The van der Waals surface area contributed by atoms with Crippen LogP contribution in [0, 0.1) is 0 Å². The summed E-state index contributed by atoms with van der Waals surface area (Å²) in [4.78, 5) is 16.7. The number of hydrogen-bond acceptors (Lipinski definition) is 4. The molecule has 25 heavy (non-hydrogen) atoms. The zero-order chi connectivity index (χ0) is 18.0. The van der Waals surface area contributed by atoms with Crippen molar-refractivity contribution in [3.63, 3.8) is 0 Å². The van der Waals surface area contributed by atoms with E-state index < -0.39 is 0 Å². The largest absolute Gasteiger partial charge is 0.493 e. The van der Waals surface area contributed by atoms with Crippen LogP contribution in [0.25, 0.3) is 0 Å². The number of nitrogens with zero attached hydrogens (tertiary/aromatic N) is 2. The van der Waals surface area contributed by atoms with Crippen LogP contribution in [0.5, 0.6) is 11.5 Å². The number of carbonyl (C=O) groups excluding carboxylic acids is 1. The van der Waals surface area contributed by atoms with E-state index >= 15 is 0 Å². The van der Waals surface area contributed by atoms with E-state index in [4.69, 9.17) is 9.47 Å². The average molecular weight is 346 g/mol. The second kappa shape index (κ2) is 7.65. The summed E-state index contributed by atoms with van der Waals surface area (Å²) in [5.74, 6) is 1.88. The lowest BCUT2D eigenvalue weighted by molar-refractivity contribution is -0.133. The number of piperidine rings is 1. The number of likely N-dealkylation sites (tertiary alicyclic amines) is 1. The molecule has 2 atom stereocenters. The molecule has 2 aliphatic rings. The smallest absolute Gasteiger partial charge is 0.222 e. The summed E-state index contributed by atoms with van der Waals surface area (Å²) in [7, 11) is 3.37. The fourth-order valence-corrected chi connectivity index (χ4v) is 4.34. The van der Waals surface area contributed by atoms with Gasteiger partial charge in [-0.25, -0.2) is 0 Å². The van der Waals surface area contributed by atoms with Crippen LogP contribution >= 0.6 is 0 Å². The highest BCUT2D eigenvalue weighted by Crippen LogP contribution is 2.39. The molecule has 0 N–H and O–H groups in total. The highest BCUT2D eigenvalue weighted by atomic mass is 16.5. The van der Waals surface area contributed by atoms with Crippen molar-refractivity contribution in [3.05, 3.63) is 23.3 Å². The van der Waals surface area contributed by atoms with Crippen molar-refractivity contribution < 1.29 is 14.3 Å². The van der Waals surface area contributed by atoms with Gasteiger partial charge in [0.2, 0.25) is 5.91 Å². The van der Waals surface area contributed by atoms with Crippen LogP contribution in [0.3, 0.4) is 0 Å². The van der Waals surface area contributed by atoms with Crippen molar-refractivity contribution in [2.24, 2.45) is 0 Å². The lowest BCUT2D eigenvalue weighted by atomic mass is 9.90. The summed E-state index contributed by atoms with van der Waals surface area (Å²) in [5.41, 5.74) is 2.67. The minimum absolute atomic E-state index is 0.279. The number of benzene rings is 1. The van der Waals surface area contributed by atoms with E-state index in [1.54, 1.807) is 14.2 Å². The van der Waals surface area contributed by atoms with Gasteiger partial charge >= 0.3 is 0 Å². The predicted molar refractivity (Wildman–Crippen MR) is 98.3 cm³/mol. The SMILES string of the molecule is CCC(=O)N1CCCC(N2CCc3cc(OC)c(OC)cc3C2C)C1. The topological polar surface area (TPSA) is 42.0 Å². The number of rotatable bonds is 4. The van der Waals surface area contributed by atoms with Crippen LogP contribution in [0.1, 0.15) is 50.3 Å². The molecule has 0 saturated carbocycles. The zero-order valence-corrected chi connectivity index (χ0v) is 15.9.